The summed E-state index contributed by atoms with van der Waals surface area (Å²) in [6.07, 6.45) is 0.0523. The minimum atomic E-state index is -3.05. The number of anilines is 1. The number of amides is 2. The lowest BCUT2D eigenvalue weighted by Gasteiger charge is -2.11. The van der Waals surface area contributed by atoms with Gasteiger partial charge in [-0.25, -0.2) is 8.42 Å². The van der Waals surface area contributed by atoms with Crippen LogP contribution in [-0.2, 0) is 19.4 Å². The van der Waals surface area contributed by atoms with Gasteiger partial charge in [-0.15, -0.1) is 0 Å². The standard InChI is InChI=1S/C14H18N2O5S/c1-21-12-4-2-10(3-5-12)15-13(17)8-14(18)16-11-6-7-22(19,20)9-11/h2-5,11H,6-9H2,1H3,(H,15,17)(H,16,18). The summed E-state index contributed by atoms with van der Waals surface area (Å²) >= 11 is 0. The van der Waals surface area contributed by atoms with Crippen molar-refractivity contribution in [3.8, 4) is 5.75 Å². The molecule has 0 bridgehead atoms. The molecule has 2 amide bonds. The second kappa shape index (κ2) is 6.78. The van der Waals surface area contributed by atoms with Crippen LogP contribution < -0.4 is 15.4 Å². The quantitative estimate of drug-likeness (QED) is 0.759. The van der Waals surface area contributed by atoms with E-state index in [0.717, 1.165) is 0 Å². The van der Waals surface area contributed by atoms with Gasteiger partial charge in [-0.3, -0.25) is 9.59 Å². The SMILES string of the molecule is COc1ccc(NC(=O)CC(=O)NC2CCS(=O)(=O)C2)cc1. The van der Waals surface area contributed by atoms with Crippen molar-refractivity contribution in [3.05, 3.63) is 24.3 Å². The Morgan fingerprint density at radius 3 is 2.45 bits per heavy atom. The summed E-state index contributed by atoms with van der Waals surface area (Å²) in [6, 6.07) is 6.32. The number of carbonyl (C=O) groups excluding carboxylic acids is 2. The highest BCUT2D eigenvalue weighted by atomic mass is 32.2. The molecule has 1 aromatic carbocycles. The Morgan fingerprint density at radius 1 is 1.23 bits per heavy atom. The van der Waals surface area contributed by atoms with Gasteiger partial charge in [-0.2, -0.15) is 0 Å². The first-order chi connectivity index (χ1) is 10.4. The van der Waals surface area contributed by atoms with E-state index in [1.807, 2.05) is 0 Å². The van der Waals surface area contributed by atoms with E-state index in [1.54, 1.807) is 31.4 Å². The van der Waals surface area contributed by atoms with Gasteiger partial charge in [-0.05, 0) is 30.7 Å². The Hall–Kier alpha value is -2.09. The van der Waals surface area contributed by atoms with Crippen LogP contribution in [0.3, 0.4) is 0 Å². The molecular formula is C14H18N2O5S. The van der Waals surface area contributed by atoms with E-state index in [2.05, 4.69) is 10.6 Å². The van der Waals surface area contributed by atoms with Gasteiger partial charge in [0, 0.05) is 11.7 Å². The van der Waals surface area contributed by atoms with Crippen LogP contribution in [-0.4, -0.2) is 44.9 Å². The zero-order chi connectivity index (χ0) is 16.2. The van der Waals surface area contributed by atoms with Gasteiger partial charge in [0.25, 0.3) is 0 Å². The maximum Gasteiger partial charge on any atom is 0.233 e. The fourth-order valence-electron chi connectivity index (χ4n) is 2.21. The number of sulfone groups is 1. The van der Waals surface area contributed by atoms with Gasteiger partial charge in [0.05, 0.1) is 18.6 Å². The summed E-state index contributed by atoms with van der Waals surface area (Å²) in [4.78, 5) is 23.5. The summed E-state index contributed by atoms with van der Waals surface area (Å²) in [5.74, 6) is -0.246. The molecule has 1 heterocycles. The molecule has 1 aliphatic rings. The Bertz CT molecular complexity index is 654. The van der Waals surface area contributed by atoms with Gasteiger partial charge >= 0.3 is 0 Å². The number of methoxy groups -OCH3 is 1. The average Bonchev–Trinajstić information content (AvgIpc) is 2.78. The second-order valence-electron chi connectivity index (χ2n) is 5.12. The monoisotopic (exact) mass is 326 g/mol. The minimum Gasteiger partial charge on any atom is -0.497 e. The summed E-state index contributed by atoms with van der Waals surface area (Å²) in [6.45, 7) is 0. The molecule has 1 saturated heterocycles. The largest absolute Gasteiger partial charge is 0.497 e. The van der Waals surface area contributed by atoms with E-state index in [9.17, 15) is 18.0 Å². The first-order valence-corrected chi connectivity index (χ1v) is 8.64. The normalized spacial score (nSPS) is 19.4. The molecule has 8 heteroatoms. The molecule has 2 N–H and O–H groups in total. The molecule has 0 radical (unpaired) electrons. The number of ether oxygens (including phenoxy) is 1. The molecular weight excluding hydrogens is 308 g/mol. The number of nitrogens with one attached hydrogen (secondary N) is 2. The van der Waals surface area contributed by atoms with Crippen LogP contribution in [0.5, 0.6) is 5.75 Å². The van der Waals surface area contributed by atoms with Gasteiger partial charge in [0.15, 0.2) is 9.84 Å². The van der Waals surface area contributed by atoms with Crippen molar-refractivity contribution in [1.29, 1.82) is 0 Å². The molecule has 22 heavy (non-hydrogen) atoms. The number of hydrogen-bond acceptors (Lipinski definition) is 5. The molecule has 0 spiro atoms. The highest BCUT2D eigenvalue weighted by Crippen LogP contribution is 2.15. The maximum atomic E-state index is 11.8. The average molecular weight is 326 g/mol. The third-order valence-electron chi connectivity index (χ3n) is 3.29. The fourth-order valence-corrected chi connectivity index (χ4v) is 3.89. The summed E-state index contributed by atoms with van der Waals surface area (Å²) in [5, 5.41) is 5.16. The summed E-state index contributed by atoms with van der Waals surface area (Å²) in [7, 11) is -1.51. The number of benzene rings is 1. The zero-order valence-electron chi connectivity index (χ0n) is 12.2. The topological polar surface area (TPSA) is 102 Å². The lowest BCUT2D eigenvalue weighted by molar-refractivity contribution is -0.127. The van der Waals surface area contributed by atoms with E-state index in [0.29, 0.717) is 17.9 Å². The molecule has 7 nitrogen and oxygen atoms in total. The Balaban J connectivity index is 1.80. The Kier molecular flexibility index (Phi) is 5.02. The molecule has 2 rings (SSSR count). The van der Waals surface area contributed by atoms with Crippen molar-refractivity contribution in [3.63, 3.8) is 0 Å². The second-order valence-corrected chi connectivity index (χ2v) is 7.35. The minimum absolute atomic E-state index is 0.0567. The van der Waals surface area contributed by atoms with Crippen LogP contribution >= 0.6 is 0 Å². The van der Waals surface area contributed by atoms with Gasteiger partial charge in [-0.1, -0.05) is 0 Å². The molecule has 1 unspecified atom stereocenters. The molecule has 1 fully saturated rings. The third-order valence-corrected chi connectivity index (χ3v) is 5.06. The number of hydrogen-bond donors (Lipinski definition) is 2. The number of carbonyl (C=O) groups is 2. The molecule has 120 valence electrons. The predicted octanol–water partition coefficient (Wildman–Crippen LogP) is 0.327. The van der Waals surface area contributed by atoms with Crippen LogP contribution in [0.25, 0.3) is 0 Å². The molecule has 0 aromatic heterocycles. The van der Waals surface area contributed by atoms with E-state index < -0.39 is 27.7 Å². The van der Waals surface area contributed by atoms with E-state index in [-0.39, 0.29) is 17.9 Å². The highest BCUT2D eigenvalue weighted by Gasteiger charge is 2.29. The smallest absolute Gasteiger partial charge is 0.233 e. The van der Waals surface area contributed by atoms with Crippen LogP contribution in [0, 0.1) is 0 Å². The lowest BCUT2D eigenvalue weighted by Crippen LogP contribution is -2.37. The highest BCUT2D eigenvalue weighted by molar-refractivity contribution is 7.91. The molecule has 0 aliphatic carbocycles. The molecule has 0 saturated carbocycles. The van der Waals surface area contributed by atoms with Crippen molar-refractivity contribution >= 4 is 27.3 Å². The number of rotatable bonds is 5. The van der Waals surface area contributed by atoms with Crippen molar-refractivity contribution < 1.29 is 22.7 Å². The Labute approximate surface area is 129 Å². The van der Waals surface area contributed by atoms with Crippen molar-refractivity contribution in [2.45, 2.75) is 18.9 Å². The summed E-state index contributed by atoms with van der Waals surface area (Å²) in [5.41, 5.74) is 0.557. The first-order valence-electron chi connectivity index (χ1n) is 6.81. The third kappa shape index (κ3) is 4.73. The van der Waals surface area contributed by atoms with Crippen LogP contribution in [0.15, 0.2) is 24.3 Å². The fraction of sp³-hybridized carbons (Fsp3) is 0.429. The van der Waals surface area contributed by atoms with E-state index >= 15 is 0 Å². The molecule has 1 aromatic rings. The van der Waals surface area contributed by atoms with Gasteiger partial charge < -0.3 is 15.4 Å². The zero-order valence-corrected chi connectivity index (χ0v) is 13.0. The maximum absolute atomic E-state index is 11.8. The van der Waals surface area contributed by atoms with Gasteiger partial charge in [0.2, 0.25) is 11.8 Å². The Morgan fingerprint density at radius 2 is 1.91 bits per heavy atom. The molecule has 1 atom stereocenters. The van der Waals surface area contributed by atoms with Crippen LogP contribution in [0.1, 0.15) is 12.8 Å². The predicted molar refractivity (Wildman–Crippen MR) is 81.4 cm³/mol. The van der Waals surface area contributed by atoms with Crippen molar-refractivity contribution in [1.82, 2.24) is 5.32 Å². The van der Waals surface area contributed by atoms with E-state index in [1.165, 1.54) is 0 Å². The lowest BCUT2D eigenvalue weighted by atomic mass is 10.2. The van der Waals surface area contributed by atoms with Crippen LogP contribution in [0.4, 0.5) is 5.69 Å². The summed E-state index contributed by atoms with van der Waals surface area (Å²) < 4.78 is 27.6. The first kappa shape index (κ1) is 16.3. The molecule has 1 aliphatic heterocycles. The van der Waals surface area contributed by atoms with Crippen molar-refractivity contribution in [2.75, 3.05) is 23.9 Å². The van der Waals surface area contributed by atoms with Crippen LogP contribution in [0.2, 0.25) is 0 Å². The van der Waals surface area contributed by atoms with Gasteiger partial charge in [0.1, 0.15) is 12.2 Å². The van der Waals surface area contributed by atoms with Crippen molar-refractivity contribution in [2.24, 2.45) is 0 Å². The van der Waals surface area contributed by atoms with E-state index in [4.69, 9.17) is 4.74 Å².